The molecule has 1 aromatic carbocycles. The summed E-state index contributed by atoms with van der Waals surface area (Å²) in [7, 11) is 0. The van der Waals surface area contributed by atoms with Gasteiger partial charge in [-0.3, -0.25) is 4.79 Å². The van der Waals surface area contributed by atoms with Crippen molar-refractivity contribution in [1.29, 1.82) is 0 Å². The zero-order chi connectivity index (χ0) is 15.3. The minimum atomic E-state index is -0.496. The fraction of sp³-hybridized carbons (Fsp3) is 0.533. The SMILES string of the molecule is CCOc1ccc(NC(=O)CC(N)C(C)(C)C)cc1F. The van der Waals surface area contributed by atoms with Crippen molar-refractivity contribution in [2.24, 2.45) is 11.1 Å². The van der Waals surface area contributed by atoms with Gasteiger partial charge in [0.15, 0.2) is 11.6 Å². The number of amides is 1. The number of carbonyl (C=O) groups excluding carboxylic acids is 1. The van der Waals surface area contributed by atoms with E-state index in [0.717, 1.165) is 0 Å². The molecule has 0 heterocycles. The number of nitrogens with two attached hydrogens (primary N) is 1. The van der Waals surface area contributed by atoms with Crippen LogP contribution >= 0.6 is 0 Å². The highest BCUT2D eigenvalue weighted by molar-refractivity contribution is 5.91. The molecule has 3 N–H and O–H groups in total. The number of benzene rings is 1. The van der Waals surface area contributed by atoms with Crippen LogP contribution in [-0.4, -0.2) is 18.6 Å². The van der Waals surface area contributed by atoms with Gasteiger partial charge in [-0.25, -0.2) is 4.39 Å². The van der Waals surface area contributed by atoms with E-state index < -0.39 is 5.82 Å². The van der Waals surface area contributed by atoms with Crippen LogP contribution in [0.2, 0.25) is 0 Å². The van der Waals surface area contributed by atoms with E-state index in [1.54, 1.807) is 13.0 Å². The number of anilines is 1. The Morgan fingerprint density at radius 2 is 2.10 bits per heavy atom. The van der Waals surface area contributed by atoms with Crippen molar-refractivity contribution < 1.29 is 13.9 Å². The van der Waals surface area contributed by atoms with Crippen LogP contribution in [0.5, 0.6) is 5.75 Å². The van der Waals surface area contributed by atoms with E-state index in [9.17, 15) is 9.18 Å². The number of halogens is 1. The molecule has 0 radical (unpaired) electrons. The fourth-order valence-corrected chi connectivity index (χ4v) is 1.57. The number of ether oxygens (including phenoxy) is 1. The molecular formula is C15H23FN2O2. The van der Waals surface area contributed by atoms with Gasteiger partial charge in [-0.05, 0) is 24.5 Å². The van der Waals surface area contributed by atoms with Crippen molar-refractivity contribution in [3.63, 3.8) is 0 Å². The first-order valence-corrected chi connectivity index (χ1v) is 6.71. The summed E-state index contributed by atoms with van der Waals surface area (Å²) >= 11 is 0. The van der Waals surface area contributed by atoms with Crippen LogP contribution in [-0.2, 0) is 4.79 Å². The summed E-state index contributed by atoms with van der Waals surface area (Å²) in [5, 5.41) is 2.64. The first kappa shape index (κ1) is 16.4. The summed E-state index contributed by atoms with van der Waals surface area (Å²) in [6, 6.07) is 4.09. The average molecular weight is 282 g/mol. The highest BCUT2D eigenvalue weighted by atomic mass is 19.1. The molecule has 1 aromatic rings. The zero-order valence-electron chi connectivity index (χ0n) is 12.5. The molecule has 0 aliphatic carbocycles. The Labute approximate surface area is 119 Å². The van der Waals surface area contributed by atoms with E-state index >= 15 is 0 Å². The molecule has 0 bridgehead atoms. The Bertz CT molecular complexity index is 469. The zero-order valence-corrected chi connectivity index (χ0v) is 12.5. The molecule has 112 valence electrons. The fourth-order valence-electron chi connectivity index (χ4n) is 1.57. The third-order valence-corrected chi connectivity index (χ3v) is 3.03. The Morgan fingerprint density at radius 3 is 2.60 bits per heavy atom. The molecule has 0 spiro atoms. The lowest BCUT2D eigenvalue weighted by atomic mass is 9.85. The van der Waals surface area contributed by atoms with Crippen molar-refractivity contribution in [1.82, 2.24) is 0 Å². The quantitative estimate of drug-likeness (QED) is 0.872. The summed E-state index contributed by atoms with van der Waals surface area (Å²) in [6.07, 6.45) is 0.193. The predicted molar refractivity (Wildman–Crippen MR) is 78.2 cm³/mol. The van der Waals surface area contributed by atoms with Crippen molar-refractivity contribution in [3.8, 4) is 5.75 Å². The molecule has 0 aliphatic rings. The summed E-state index contributed by atoms with van der Waals surface area (Å²) < 4.78 is 18.7. The highest BCUT2D eigenvalue weighted by Gasteiger charge is 2.23. The maximum atomic E-state index is 13.6. The Hall–Kier alpha value is -1.62. The maximum Gasteiger partial charge on any atom is 0.225 e. The maximum absolute atomic E-state index is 13.6. The molecular weight excluding hydrogens is 259 g/mol. The third kappa shape index (κ3) is 4.81. The molecule has 1 amide bonds. The van der Waals surface area contributed by atoms with Crippen molar-refractivity contribution >= 4 is 11.6 Å². The van der Waals surface area contributed by atoms with Gasteiger partial charge in [0.2, 0.25) is 5.91 Å². The molecule has 20 heavy (non-hydrogen) atoms. The van der Waals surface area contributed by atoms with Gasteiger partial charge < -0.3 is 15.8 Å². The average Bonchev–Trinajstić information content (AvgIpc) is 2.31. The summed E-state index contributed by atoms with van der Waals surface area (Å²) in [5.74, 6) is -0.544. The van der Waals surface area contributed by atoms with E-state index in [1.165, 1.54) is 12.1 Å². The first-order valence-electron chi connectivity index (χ1n) is 6.71. The number of nitrogens with one attached hydrogen (secondary N) is 1. The van der Waals surface area contributed by atoms with Crippen molar-refractivity contribution in [2.75, 3.05) is 11.9 Å². The van der Waals surface area contributed by atoms with Crippen LogP contribution in [0.25, 0.3) is 0 Å². The van der Waals surface area contributed by atoms with E-state index in [-0.39, 0.29) is 29.5 Å². The van der Waals surface area contributed by atoms with Gasteiger partial charge in [0.1, 0.15) is 0 Å². The molecule has 1 atom stereocenters. The lowest BCUT2D eigenvalue weighted by Crippen LogP contribution is -2.38. The van der Waals surface area contributed by atoms with Crippen LogP contribution in [0.3, 0.4) is 0 Å². The minimum absolute atomic E-state index is 0.151. The molecule has 4 nitrogen and oxygen atoms in total. The van der Waals surface area contributed by atoms with Crippen LogP contribution < -0.4 is 15.8 Å². The van der Waals surface area contributed by atoms with Crippen LogP contribution in [0, 0.1) is 11.2 Å². The minimum Gasteiger partial charge on any atom is -0.491 e. The summed E-state index contributed by atoms with van der Waals surface area (Å²) in [6.45, 7) is 8.09. The highest BCUT2D eigenvalue weighted by Crippen LogP contribution is 2.23. The van der Waals surface area contributed by atoms with Gasteiger partial charge in [-0.15, -0.1) is 0 Å². The molecule has 5 heteroatoms. The second-order valence-electron chi connectivity index (χ2n) is 5.80. The lowest BCUT2D eigenvalue weighted by molar-refractivity contribution is -0.117. The predicted octanol–water partition coefficient (Wildman–Crippen LogP) is 2.93. The van der Waals surface area contributed by atoms with Crippen LogP contribution in [0.1, 0.15) is 34.1 Å². The normalized spacial score (nSPS) is 12.9. The van der Waals surface area contributed by atoms with Gasteiger partial charge >= 0.3 is 0 Å². The first-order chi connectivity index (χ1) is 9.24. The monoisotopic (exact) mass is 282 g/mol. The van der Waals surface area contributed by atoms with Gasteiger partial charge in [0.05, 0.1) is 6.61 Å². The Balaban J connectivity index is 2.65. The van der Waals surface area contributed by atoms with E-state index in [4.69, 9.17) is 10.5 Å². The molecule has 0 saturated heterocycles. The van der Waals surface area contributed by atoms with E-state index in [0.29, 0.717) is 12.3 Å². The number of hydrogen-bond acceptors (Lipinski definition) is 3. The second kappa shape index (κ2) is 6.70. The molecule has 1 unspecified atom stereocenters. The van der Waals surface area contributed by atoms with Gasteiger partial charge in [0, 0.05) is 24.2 Å². The van der Waals surface area contributed by atoms with Gasteiger partial charge in [0.25, 0.3) is 0 Å². The molecule has 0 saturated carbocycles. The summed E-state index contributed by atoms with van der Waals surface area (Å²) in [4.78, 5) is 11.8. The topological polar surface area (TPSA) is 64.3 Å². The van der Waals surface area contributed by atoms with Crippen molar-refractivity contribution in [2.45, 2.75) is 40.2 Å². The summed E-state index contributed by atoms with van der Waals surface area (Å²) in [5.41, 5.74) is 6.19. The van der Waals surface area contributed by atoms with E-state index in [2.05, 4.69) is 5.32 Å². The molecule has 0 aliphatic heterocycles. The molecule has 1 rings (SSSR count). The molecule has 0 aromatic heterocycles. The smallest absolute Gasteiger partial charge is 0.225 e. The number of rotatable bonds is 5. The molecule has 0 fully saturated rings. The largest absolute Gasteiger partial charge is 0.491 e. The van der Waals surface area contributed by atoms with Gasteiger partial charge in [-0.2, -0.15) is 0 Å². The standard InChI is InChI=1S/C15H23FN2O2/c1-5-20-12-7-6-10(8-11(12)16)18-14(19)9-13(17)15(2,3)4/h6-8,13H,5,9,17H2,1-4H3,(H,18,19). The number of hydrogen-bond donors (Lipinski definition) is 2. The lowest BCUT2D eigenvalue weighted by Gasteiger charge is -2.26. The van der Waals surface area contributed by atoms with Crippen LogP contribution in [0.15, 0.2) is 18.2 Å². The van der Waals surface area contributed by atoms with E-state index in [1.807, 2.05) is 20.8 Å². The number of carbonyl (C=O) groups is 1. The second-order valence-corrected chi connectivity index (χ2v) is 5.80. The Kier molecular flexibility index (Phi) is 5.51. The van der Waals surface area contributed by atoms with Crippen molar-refractivity contribution in [3.05, 3.63) is 24.0 Å². The third-order valence-electron chi connectivity index (χ3n) is 3.03. The van der Waals surface area contributed by atoms with Gasteiger partial charge in [-0.1, -0.05) is 20.8 Å². The van der Waals surface area contributed by atoms with Crippen LogP contribution in [0.4, 0.5) is 10.1 Å². The Morgan fingerprint density at radius 1 is 1.45 bits per heavy atom.